The van der Waals surface area contributed by atoms with Crippen LogP contribution in [0.2, 0.25) is 0 Å². The van der Waals surface area contributed by atoms with Gasteiger partial charge in [0.05, 0.1) is 20.2 Å². The fourth-order valence-electron chi connectivity index (χ4n) is 1.95. The summed E-state index contributed by atoms with van der Waals surface area (Å²) in [7, 11) is -2.16. The van der Waals surface area contributed by atoms with Gasteiger partial charge >= 0.3 is 0 Å². The molecule has 1 aromatic rings. The first kappa shape index (κ1) is 14.3. The summed E-state index contributed by atoms with van der Waals surface area (Å²) in [6.45, 7) is 4.45. The Balaban J connectivity index is 2.58. The summed E-state index contributed by atoms with van der Waals surface area (Å²) >= 11 is 3.36. The maximum absolute atomic E-state index is 12.6. The minimum Gasteiger partial charge on any atom is -0.495 e. The summed E-state index contributed by atoms with van der Waals surface area (Å²) in [5, 5.41) is 0. The number of hydrogen-bond acceptors (Lipinski definition) is 4. The third kappa shape index (κ3) is 2.49. The van der Waals surface area contributed by atoms with E-state index in [0.717, 1.165) is 10.0 Å². The number of ether oxygens (including phenoxy) is 1. The molecule has 0 fully saturated rings. The van der Waals surface area contributed by atoms with E-state index in [1.54, 1.807) is 19.1 Å². The molecule has 1 heterocycles. The zero-order valence-electron chi connectivity index (χ0n) is 11.0. The summed E-state index contributed by atoms with van der Waals surface area (Å²) in [5.41, 5.74) is 0.919. The molecule has 1 aliphatic rings. The fraction of sp³-hybridized carbons (Fsp3) is 0.417. The molecule has 0 saturated heterocycles. The first-order valence-electron chi connectivity index (χ1n) is 5.76. The SMILES string of the molecule is COc1cc(C)c(Br)cc1S(=O)(=O)N1CCN=C1C. The average molecular weight is 347 g/mol. The van der Waals surface area contributed by atoms with Crippen LogP contribution in [0, 0.1) is 6.92 Å². The van der Waals surface area contributed by atoms with Crippen LogP contribution < -0.4 is 4.74 Å². The van der Waals surface area contributed by atoms with E-state index in [9.17, 15) is 8.42 Å². The number of methoxy groups -OCH3 is 1. The highest BCUT2D eigenvalue weighted by Gasteiger charge is 2.31. The summed E-state index contributed by atoms with van der Waals surface area (Å²) in [5.74, 6) is 0.860. The van der Waals surface area contributed by atoms with Crippen LogP contribution in [-0.4, -0.2) is 38.8 Å². The van der Waals surface area contributed by atoms with Crippen LogP contribution in [0.3, 0.4) is 0 Å². The standard InChI is InChI=1S/C12H15BrN2O3S/c1-8-6-11(18-3)12(7-10(8)13)19(16,17)15-5-4-14-9(15)2/h6-7H,4-5H2,1-3H3. The van der Waals surface area contributed by atoms with E-state index < -0.39 is 10.0 Å². The van der Waals surface area contributed by atoms with Crippen LogP contribution in [0.5, 0.6) is 5.75 Å². The molecule has 19 heavy (non-hydrogen) atoms. The molecule has 7 heteroatoms. The maximum atomic E-state index is 12.6. The van der Waals surface area contributed by atoms with Crippen LogP contribution in [-0.2, 0) is 10.0 Å². The van der Waals surface area contributed by atoms with Crippen molar-refractivity contribution in [3.05, 3.63) is 22.2 Å². The second-order valence-corrected chi connectivity index (χ2v) is 6.94. The van der Waals surface area contributed by atoms with E-state index in [1.165, 1.54) is 11.4 Å². The summed E-state index contributed by atoms with van der Waals surface area (Å²) in [6, 6.07) is 3.29. The molecule has 0 unspecified atom stereocenters. The van der Waals surface area contributed by atoms with Crippen molar-refractivity contribution in [1.29, 1.82) is 0 Å². The van der Waals surface area contributed by atoms with Gasteiger partial charge in [-0.05, 0) is 31.5 Å². The van der Waals surface area contributed by atoms with Crippen LogP contribution in [0.15, 0.2) is 26.5 Å². The normalized spacial score (nSPS) is 15.6. The Hall–Kier alpha value is -1.08. The Labute approximate surface area is 121 Å². The lowest BCUT2D eigenvalue weighted by molar-refractivity contribution is 0.400. The van der Waals surface area contributed by atoms with E-state index in [2.05, 4.69) is 20.9 Å². The molecule has 0 amide bonds. The van der Waals surface area contributed by atoms with Gasteiger partial charge in [0, 0.05) is 4.47 Å². The van der Waals surface area contributed by atoms with Crippen LogP contribution in [0.1, 0.15) is 12.5 Å². The van der Waals surface area contributed by atoms with Crippen LogP contribution in [0.25, 0.3) is 0 Å². The van der Waals surface area contributed by atoms with Crippen molar-refractivity contribution in [3.8, 4) is 5.75 Å². The zero-order valence-corrected chi connectivity index (χ0v) is 13.4. The molecule has 0 bridgehead atoms. The van der Waals surface area contributed by atoms with Gasteiger partial charge in [-0.3, -0.25) is 9.30 Å². The van der Waals surface area contributed by atoms with Crippen molar-refractivity contribution in [2.45, 2.75) is 18.7 Å². The molecule has 5 nitrogen and oxygen atoms in total. The van der Waals surface area contributed by atoms with E-state index in [0.29, 0.717) is 24.7 Å². The van der Waals surface area contributed by atoms with Crippen LogP contribution in [0.4, 0.5) is 0 Å². The minimum atomic E-state index is -3.62. The van der Waals surface area contributed by atoms with Gasteiger partial charge in [0.1, 0.15) is 16.5 Å². The molecule has 0 spiro atoms. The van der Waals surface area contributed by atoms with E-state index in [4.69, 9.17) is 4.74 Å². The average Bonchev–Trinajstić information content (AvgIpc) is 2.79. The quantitative estimate of drug-likeness (QED) is 0.842. The zero-order chi connectivity index (χ0) is 14.2. The molecular formula is C12H15BrN2O3S. The van der Waals surface area contributed by atoms with Gasteiger partial charge in [-0.2, -0.15) is 0 Å². The molecule has 0 N–H and O–H groups in total. The molecule has 0 saturated carbocycles. The summed E-state index contributed by atoms with van der Waals surface area (Å²) in [4.78, 5) is 4.27. The molecule has 104 valence electrons. The molecule has 1 aromatic carbocycles. The largest absolute Gasteiger partial charge is 0.495 e. The Morgan fingerprint density at radius 3 is 2.58 bits per heavy atom. The second-order valence-electron chi connectivity index (χ2n) is 4.26. The van der Waals surface area contributed by atoms with Crippen LogP contribution >= 0.6 is 15.9 Å². The first-order valence-corrected chi connectivity index (χ1v) is 7.99. The number of hydrogen-bond donors (Lipinski definition) is 0. The maximum Gasteiger partial charge on any atom is 0.269 e. The Kier molecular flexibility index (Phi) is 3.87. The molecule has 0 aliphatic carbocycles. The fourth-order valence-corrected chi connectivity index (χ4v) is 4.08. The molecule has 1 aliphatic heterocycles. The molecule has 0 atom stereocenters. The van der Waals surface area contributed by atoms with Gasteiger partial charge in [-0.15, -0.1) is 0 Å². The third-order valence-electron chi connectivity index (χ3n) is 3.02. The molecule has 0 aromatic heterocycles. The molecule has 0 radical (unpaired) electrons. The number of aryl methyl sites for hydroxylation is 1. The van der Waals surface area contributed by atoms with Crippen molar-refractivity contribution in [3.63, 3.8) is 0 Å². The molecule has 2 rings (SSSR count). The van der Waals surface area contributed by atoms with Gasteiger partial charge in [0.15, 0.2) is 0 Å². The third-order valence-corrected chi connectivity index (χ3v) is 5.77. The second kappa shape index (κ2) is 5.13. The highest BCUT2D eigenvalue weighted by molar-refractivity contribution is 9.10. The first-order chi connectivity index (χ1) is 8.87. The van der Waals surface area contributed by atoms with Crippen molar-refractivity contribution < 1.29 is 13.2 Å². The van der Waals surface area contributed by atoms with Crippen molar-refractivity contribution in [2.75, 3.05) is 20.2 Å². The number of nitrogens with zero attached hydrogens (tertiary/aromatic N) is 2. The smallest absolute Gasteiger partial charge is 0.269 e. The Bertz CT molecular complexity index is 641. The van der Waals surface area contributed by atoms with E-state index >= 15 is 0 Å². The van der Waals surface area contributed by atoms with Gasteiger partial charge in [0.2, 0.25) is 0 Å². The van der Waals surface area contributed by atoms with Gasteiger partial charge in [0.25, 0.3) is 10.0 Å². The number of sulfonamides is 1. The van der Waals surface area contributed by atoms with E-state index in [1.807, 2.05) is 6.92 Å². The lowest BCUT2D eigenvalue weighted by Crippen LogP contribution is -2.33. The van der Waals surface area contributed by atoms with Crippen molar-refractivity contribution in [1.82, 2.24) is 4.31 Å². The topological polar surface area (TPSA) is 59.0 Å². The number of halogens is 1. The minimum absolute atomic E-state index is 0.156. The highest BCUT2D eigenvalue weighted by atomic mass is 79.9. The summed E-state index contributed by atoms with van der Waals surface area (Å²) < 4.78 is 32.5. The predicted octanol–water partition coefficient (Wildman–Crippen LogP) is 2.19. The van der Waals surface area contributed by atoms with Gasteiger partial charge < -0.3 is 4.74 Å². The highest BCUT2D eigenvalue weighted by Crippen LogP contribution is 2.32. The van der Waals surface area contributed by atoms with Gasteiger partial charge in [-0.1, -0.05) is 15.9 Å². The van der Waals surface area contributed by atoms with Gasteiger partial charge in [-0.25, -0.2) is 8.42 Å². The Morgan fingerprint density at radius 2 is 2.05 bits per heavy atom. The Morgan fingerprint density at radius 1 is 1.37 bits per heavy atom. The lowest BCUT2D eigenvalue weighted by Gasteiger charge is -2.20. The predicted molar refractivity (Wildman–Crippen MR) is 77.3 cm³/mol. The number of benzene rings is 1. The summed E-state index contributed by atoms with van der Waals surface area (Å²) in [6.07, 6.45) is 0. The number of amidine groups is 1. The lowest BCUT2D eigenvalue weighted by atomic mass is 10.2. The van der Waals surface area contributed by atoms with Crippen molar-refractivity contribution >= 4 is 31.8 Å². The van der Waals surface area contributed by atoms with Crippen molar-refractivity contribution in [2.24, 2.45) is 4.99 Å². The number of aliphatic imine (C=N–C) groups is 1. The molecular weight excluding hydrogens is 332 g/mol. The number of rotatable bonds is 3. The van der Waals surface area contributed by atoms with E-state index in [-0.39, 0.29) is 4.90 Å². The monoisotopic (exact) mass is 346 g/mol.